The molecule has 0 spiro atoms. The highest BCUT2D eigenvalue weighted by molar-refractivity contribution is 5.95. The van der Waals surface area contributed by atoms with Crippen LogP contribution in [-0.4, -0.2) is 17.9 Å². The van der Waals surface area contributed by atoms with Gasteiger partial charge in [0.1, 0.15) is 0 Å². The van der Waals surface area contributed by atoms with Gasteiger partial charge >= 0.3 is 5.97 Å². The van der Waals surface area contributed by atoms with Gasteiger partial charge in [0.05, 0.1) is 0 Å². The molecule has 0 aromatic rings. The minimum atomic E-state index is -0.214. The quantitative estimate of drug-likeness (QED) is 0.404. The third kappa shape index (κ3) is 7.34. The number of cyclic esters (lactones) is 1. The van der Waals surface area contributed by atoms with Gasteiger partial charge in [0.2, 0.25) is 0 Å². The largest absolute Gasteiger partial charge is 0.411 e. The van der Waals surface area contributed by atoms with Crippen molar-refractivity contribution in [3.05, 3.63) is 0 Å². The number of unbranched alkanes of at least 4 members (excludes halogenated alkanes) is 9. The van der Waals surface area contributed by atoms with Crippen molar-refractivity contribution in [2.24, 2.45) is 4.99 Å². The first kappa shape index (κ1) is 16.2. The molecule has 1 atom stereocenters. The van der Waals surface area contributed by atoms with E-state index >= 15 is 0 Å². The average molecular weight is 267 g/mol. The van der Waals surface area contributed by atoms with E-state index in [-0.39, 0.29) is 12.0 Å². The Kier molecular flexibility index (Phi) is 8.52. The van der Waals surface area contributed by atoms with Crippen LogP contribution in [0.15, 0.2) is 4.99 Å². The lowest BCUT2D eigenvalue weighted by Crippen LogP contribution is -2.14. The van der Waals surface area contributed by atoms with Crippen molar-refractivity contribution in [2.45, 2.75) is 90.5 Å². The normalized spacial score (nSPS) is 18.5. The molecule has 1 rings (SSSR count). The van der Waals surface area contributed by atoms with Crippen molar-refractivity contribution in [3.8, 4) is 0 Å². The van der Waals surface area contributed by atoms with Crippen LogP contribution in [0.3, 0.4) is 0 Å². The first-order valence-electron chi connectivity index (χ1n) is 8.00. The zero-order valence-electron chi connectivity index (χ0n) is 12.6. The number of ether oxygens (including phenoxy) is 1. The summed E-state index contributed by atoms with van der Waals surface area (Å²) >= 11 is 0. The summed E-state index contributed by atoms with van der Waals surface area (Å²) in [6, 6.07) is -0.214. The molecule has 0 saturated carbocycles. The molecule has 0 fully saturated rings. The van der Waals surface area contributed by atoms with E-state index in [1.807, 2.05) is 0 Å². The van der Waals surface area contributed by atoms with Crippen molar-refractivity contribution in [3.63, 3.8) is 0 Å². The second-order valence-corrected chi connectivity index (χ2v) is 5.56. The highest BCUT2D eigenvalue weighted by Gasteiger charge is 2.25. The number of hydrogen-bond acceptors (Lipinski definition) is 3. The summed E-state index contributed by atoms with van der Waals surface area (Å²) in [6.07, 6.45) is 14.1. The number of hydrogen-bond donors (Lipinski definition) is 0. The maximum Gasteiger partial charge on any atom is 0.337 e. The predicted molar refractivity (Wildman–Crippen MR) is 79.5 cm³/mol. The summed E-state index contributed by atoms with van der Waals surface area (Å²) in [7, 11) is 0. The van der Waals surface area contributed by atoms with E-state index in [4.69, 9.17) is 4.74 Å². The molecule has 0 amide bonds. The van der Waals surface area contributed by atoms with Crippen LogP contribution in [0.4, 0.5) is 0 Å². The zero-order valence-corrected chi connectivity index (χ0v) is 12.6. The van der Waals surface area contributed by atoms with Crippen molar-refractivity contribution in [1.29, 1.82) is 0 Å². The van der Waals surface area contributed by atoms with Crippen LogP contribution in [0.1, 0.15) is 84.5 Å². The Bertz CT molecular complexity index is 286. The molecular weight excluding hydrogens is 238 g/mol. The van der Waals surface area contributed by atoms with Gasteiger partial charge < -0.3 is 4.74 Å². The Morgan fingerprint density at radius 2 is 1.47 bits per heavy atom. The number of esters is 1. The van der Waals surface area contributed by atoms with Crippen molar-refractivity contribution < 1.29 is 9.53 Å². The van der Waals surface area contributed by atoms with Crippen LogP contribution >= 0.6 is 0 Å². The van der Waals surface area contributed by atoms with Gasteiger partial charge in [-0.2, -0.15) is 0 Å². The fraction of sp³-hybridized carbons (Fsp3) is 0.875. The smallest absolute Gasteiger partial charge is 0.337 e. The minimum Gasteiger partial charge on any atom is -0.411 e. The van der Waals surface area contributed by atoms with Crippen LogP contribution in [0.5, 0.6) is 0 Å². The maximum absolute atomic E-state index is 11.3. The fourth-order valence-corrected chi connectivity index (χ4v) is 2.52. The van der Waals surface area contributed by atoms with Gasteiger partial charge in [-0.25, -0.2) is 9.79 Å². The van der Waals surface area contributed by atoms with E-state index in [0.29, 0.717) is 5.90 Å². The molecule has 3 heteroatoms. The van der Waals surface area contributed by atoms with Gasteiger partial charge in [-0.15, -0.1) is 0 Å². The van der Waals surface area contributed by atoms with E-state index in [2.05, 4.69) is 11.9 Å². The molecule has 3 nitrogen and oxygen atoms in total. The van der Waals surface area contributed by atoms with Crippen LogP contribution in [0.25, 0.3) is 0 Å². The first-order chi connectivity index (χ1) is 9.24. The van der Waals surface area contributed by atoms with E-state index in [0.717, 1.165) is 12.8 Å². The Balaban J connectivity index is 1.85. The second kappa shape index (κ2) is 9.99. The molecule has 1 aliphatic heterocycles. The van der Waals surface area contributed by atoms with Crippen molar-refractivity contribution in [1.82, 2.24) is 0 Å². The third-order valence-corrected chi connectivity index (χ3v) is 3.69. The number of carbonyl (C=O) groups excluding carboxylic acids is 1. The molecule has 0 saturated heterocycles. The van der Waals surface area contributed by atoms with Crippen LogP contribution in [0.2, 0.25) is 0 Å². The molecule has 0 aromatic heterocycles. The topological polar surface area (TPSA) is 38.7 Å². The molecular formula is C16H29NO2. The average Bonchev–Trinajstić information content (AvgIpc) is 2.70. The molecule has 1 aliphatic rings. The van der Waals surface area contributed by atoms with Crippen molar-refractivity contribution in [2.75, 3.05) is 0 Å². The van der Waals surface area contributed by atoms with Crippen LogP contribution in [-0.2, 0) is 9.53 Å². The van der Waals surface area contributed by atoms with Gasteiger partial charge in [0, 0.05) is 6.92 Å². The van der Waals surface area contributed by atoms with Gasteiger partial charge in [0.25, 0.3) is 0 Å². The molecule has 110 valence electrons. The van der Waals surface area contributed by atoms with Crippen LogP contribution in [0, 0.1) is 0 Å². The summed E-state index contributed by atoms with van der Waals surface area (Å²) in [5.41, 5.74) is 0. The summed E-state index contributed by atoms with van der Waals surface area (Å²) in [6.45, 7) is 4.00. The molecule has 0 aromatic carbocycles. The predicted octanol–water partition coefficient (Wildman–Crippen LogP) is 4.64. The molecule has 19 heavy (non-hydrogen) atoms. The lowest BCUT2D eigenvalue weighted by atomic mass is 10.0. The molecule has 1 heterocycles. The number of carbonyl (C=O) groups is 1. The number of aliphatic imine (C=N–C) groups is 1. The van der Waals surface area contributed by atoms with E-state index in [1.54, 1.807) is 6.92 Å². The van der Waals surface area contributed by atoms with Gasteiger partial charge in [0.15, 0.2) is 11.9 Å². The Morgan fingerprint density at radius 3 is 1.95 bits per heavy atom. The Hall–Kier alpha value is -0.860. The zero-order chi connectivity index (χ0) is 13.9. The van der Waals surface area contributed by atoms with E-state index in [9.17, 15) is 4.79 Å². The molecule has 0 aliphatic carbocycles. The standard InChI is InChI=1S/C16H29NO2/c1-3-4-5-6-7-8-9-10-11-12-13-15-16(18)19-14(2)17-15/h15H,3-13H2,1-2H3. The van der Waals surface area contributed by atoms with Gasteiger partial charge in [-0.1, -0.05) is 71.1 Å². The maximum atomic E-state index is 11.3. The highest BCUT2D eigenvalue weighted by Crippen LogP contribution is 2.16. The van der Waals surface area contributed by atoms with E-state index < -0.39 is 0 Å². The minimum absolute atomic E-state index is 0.159. The monoisotopic (exact) mass is 267 g/mol. The summed E-state index contributed by atoms with van der Waals surface area (Å²) in [5, 5.41) is 0. The molecule has 0 radical (unpaired) electrons. The Labute approximate surface area is 117 Å². The van der Waals surface area contributed by atoms with Gasteiger partial charge in [-0.05, 0) is 6.42 Å². The fourth-order valence-electron chi connectivity index (χ4n) is 2.52. The van der Waals surface area contributed by atoms with Crippen molar-refractivity contribution >= 4 is 11.9 Å². The van der Waals surface area contributed by atoms with E-state index in [1.165, 1.54) is 57.8 Å². The van der Waals surface area contributed by atoms with Gasteiger partial charge in [-0.3, -0.25) is 0 Å². The lowest BCUT2D eigenvalue weighted by molar-refractivity contribution is -0.135. The molecule has 0 N–H and O–H groups in total. The Morgan fingerprint density at radius 1 is 0.947 bits per heavy atom. The highest BCUT2D eigenvalue weighted by atomic mass is 16.6. The molecule has 0 bridgehead atoms. The summed E-state index contributed by atoms with van der Waals surface area (Å²) < 4.78 is 4.93. The second-order valence-electron chi connectivity index (χ2n) is 5.56. The summed E-state index contributed by atoms with van der Waals surface area (Å²) in [4.78, 5) is 15.5. The number of nitrogens with zero attached hydrogens (tertiary/aromatic N) is 1. The van der Waals surface area contributed by atoms with Crippen LogP contribution < -0.4 is 0 Å². The SMILES string of the molecule is CCCCCCCCCCCCC1N=C(C)OC1=O. The third-order valence-electron chi connectivity index (χ3n) is 3.69. The lowest BCUT2D eigenvalue weighted by Gasteiger charge is -2.04. The number of rotatable bonds is 11. The first-order valence-corrected chi connectivity index (χ1v) is 8.00. The molecule has 1 unspecified atom stereocenters. The summed E-state index contributed by atoms with van der Waals surface area (Å²) in [5.74, 6) is 0.371.